The molecule has 0 bridgehead atoms. The number of rotatable bonds is 4. The molecule has 0 fully saturated rings. The summed E-state index contributed by atoms with van der Waals surface area (Å²) >= 11 is 11.7. The maximum absolute atomic E-state index is 12.3. The monoisotopic (exact) mass is 340 g/mol. The van der Waals surface area contributed by atoms with Crippen LogP contribution < -0.4 is 10.1 Å². The number of hydrogen-bond acceptors (Lipinski definition) is 4. The van der Waals surface area contributed by atoms with E-state index in [9.17, 15) is 14.9 Å². The third kappa shape index (κ3) is 3.47. The third-order valence-electron chi connectivity index (χ3n) is 2.82. The number of halogens is 2. The number of anilines is 1. The van der Waals surface area contributed by atoms with Crippen LogP contribution in [-0.4, -0.2) is 17.9 Å². The van der Waals surface area contributed by atoms with E-state index in [1.165, 1.54) is 31.4 Å². The lowest BCUT2D eigenvalue weighted by atomic mass is 10.1. The topological polar surface area (TPSA) is 81.5 Å². The number of non-ortho nitro benzene ring substituents is 1. The zero-order valence-electron chi connectivity index (χ0n) is 11.3. The van der Waals surface area contributed by atoms with Crippen molar-refractivity contribution in [3.8, 4) is 5.75 Å². The van der Waals surface area contributed by atoms with Crippen molar-refractivity contribution >= 4 is 40.5 Å². The van der Waals surface area contributed by atoms with Crippen molar-refractivity contribution in [1.82, 2.24) is 0 Å². The van der Waals surface area contributed by atoms with E-state index in [4.69, 9.17) is 27.9 Å². The van der Waals surface area contributed by atoms with Crippen LogP contribution in [0.2, 0.25) is 10.0 Å². The van der Waals surface area contributed by atoms with Crippen LogP contribution in [-0.2, 0) is 0 Å². The second-order valence-electron chi connectivity index (χ2n) is 4.22. The van der Waals surface area contributed by atoms with E-state index >= 15 is 0 Å². The molecule has 6 nitrogen and oxygen atoms in total. The Morgan fingerprint density at radius 3 is 2.50 bits per heavy atom. The van der Waals surface area contributed by atoms with Crippen molar-refractivity contribution in [2.45, 2.75) is 0 Å². The number of nitro groups is 1. The van der Waals surface area contributed by atoms with Gasteiger partial charge < -0.3 is 10.1 Å². The standard InChI is InChI=1S/C14H10Cl2N2O4/c1-22-13-5-3-9(18(20)21)7-10(13)14(19)17-8-2-4-11(15)12(16)6-8/h2-7H,1H3,(H,17,19). The predicted molar refractivity (Wildman–Crippen MR) is 84.1 cm³/mol. The van der Waals surface area contributed by atoms with Gasteiger partial charge in [0.1, 0.15) is 5.75 Å². The lowest BCUT2D eigenvalue weighted by Gasteiger charge is -2.09. The lowest BCUT2D eigenvalue weighted by molar-refractivity contribution is -0.384. The number of nitrogens with one attached hydrogen (secondary N) is 1. The van der Waals surface area contributed by atoms with Gasteiger partial charge >= 0.3 is 0 Å². The first-order chi connectivity index (χ1) is 10.4. The molecule has 8 heteroatoms. The van der Waals surface area contributed by atoms with Crippen LogP contribution >= 0.6 is 23.2 Å². The number of nitrogens with zero attached hydrogens (tertiary/aromatic N) is 1. The second kappa shape index (κ2) is 6.64. The van der Waals surface area contributed by atoms with E-state index in [1.807, 2.05) is 0 Å². The molecular weight excluding hydrogens is 331 g/mol. The summed E-state index contributed by atoms with van der Waals surface area (Å²) in [5.41, 5.74) is 0.246. The highest BCUT2D eigenvalue weighted by molar-refractivity contribution is 6.42. The first-order valence-electron chi connectivity index (χ1n) is 6.01. The van der Waals surface area contributed by atoms with Gasteiger partial charge in [-0.25, -0.2) is 0 Å². The molecular formula is C14H10Cl2N2O4. The number of carbonyl (C=O) groups is 1. The summed E-state index contributed by atoms with van der Waals surface area (Å²) in [5, 5.41) is 14.0. The fourth-order valence-electron chi connectivity index (χ4n) is 1.76. The van der Waals surface area contributed by atoms with Gasteiger partial charge in [-0.05, 0) is 24.3 Å². The average Bonchev–Trinajstić information content (AvgIpc) is 2.50. The van der Waals surface area contributed by atoms with Gasteiger partial charge in [0.2, 0.25) is 0 Å². The van der Waals surface area contributed by atoms with E-state index in [0.29, 0.717) is 10.7 Å². The van der Waals surface area contributed by atoms with Gasteiger partial charge in [0.05, 0.1) is 27.6 Å². The van der Waals surface area contributed by atoms with Crippen LogP contribution in [0.5, 0.6) is 5.75 Å². The number of carbonyl (C=O) groups excluding carboxylic acids is 1. The van der Waals surface area contributed by atoms with Gasteiger partial charge in [-0.3, -0.25) is 14.9 Å². The lowest BCUT2D eigenvalue weighted by Crippen LogP contribution is -2.13. The molecule has 0 heterocycles. The van der Waals surface area contributed by atoms with Crippen LogP contribution in [0.3, 0.4) is 0 Å². The van der Waals surface area contributed by atoms with Crippen LogP contribution in [0, 0.1) is 10.1 Å². The molecule has 2 aromatic rings. The molecule has 0 aliphatic heterocycles. The average molecular weight is 341 g/mol. The Hall–Kier alpha value is -2.31. The van der Waals surface area contributed by atoms with Crippen LogP contribution in [0.25, 0.3) is 0 Å². The summed E-state index contributed by atoms with van der Waals surface area (Å²) in [6, 6.07) is 8.34. The van der Waals surface area contributed by atoms with E-state index in [0.717, 1.165) is 6.07 Å². The van der Waals surface area contributed by atoms with Crippen LogP contribution in [0.1, 0.15) is 10.4 Å². The molecule has 0 spiro atoms. The highest BCUT2D eigenvalue weighted by Crippen LogP contribution is 2.27. The molecule has 1 N–H and O–H groups in total. The summed E-state index contributed by atoms with van der Waals surface area (Å²) in [4.78, 5) is 22.5. The zero-order valence-corrected chi connectivity index (χ0v) is 12.8. The Kier molecular flexibility index (Phi) is 4.85. The van der Waals surface area contributed by atoms with Gasteiger partial charge in [0, 0.05) is 17.8 Å². The Morgan fingerprint density at radius 1 is 1.18 bits per heavy atom. The molecule has 0 atom stereocenters. The molecule has 0 aliphatic carbocycles. The van der Waals surface area contributed by atoms with Crippen molar-refractivity contribution < 1.29 is 14.5 Å². The number of methoxy groups -OCH3 is 1. The maximum atomic E-state index is 12.3. The minimum absolute atomic E-state index is 0.0442. The minimum atomic E-state index is -0.588. The molecule has 1 amide bonds. The number of hydrogen-bond donors (Lipinski definition) is 1. The molecule has 2 aromatic carbocycles. The Morgan fingerprint density at radius 2 is 1.91 bits per heavy atom. The zero-order chi connectivity index (χ0) is 16.3. The van der Waals surface area contributed by atoms with E-state index in [2.05, 4.69) is 5.32 Å². The quantitative estimate of drug-likeness (QED) is 0.669. The molecule has 0 unspecified atom stereocenters. The van der Waals surface area contributed by atoms with Gasteiger partial charge in [0.15, 0.2) is 0 Å². The molecule has 0 radical (unpaired) electrons. The summed E-state index contributed by atoms with van der Waals surface area (Å²) in [7, 11) is 1.37. The summed E-state index contributed by atoms with van der Waals surface area (Å²) in [5.74, 6) is -0.331. The Balaban J connectivity index is 2.33. The predicted octanol–water partition coefficient (Wildman–Crippen LogP) is 4.16. The SMILES string of the molecule is COc1ccc([N+](=O)[O-])cc1C(=O)Nc1ccc(Cl)c(Cl)c1. The molecule has 114 valence electrons. The van der Waals surface area contributed by atoms with Crippen molar-refractivity contribution in [3.63, 3.8) is 0 Å². The number of ether oxygens (including phenoxy) is 1. The molecule has 0 aromatic heterocycles. The van der Waals surface area contributed by atoms with Gasteiger partial charge in [-0.2, -0.15) is 0 Å². The molecule has 0 aliphatic rings. The summed E-state index contributed by atoms with van der Waals surface area (Å²) in [6.45, 7) is 0. The molecule has 2 rings (SSSR count). The summed E-state index contributed by atoms with van der Waals surface area (Å²) < 4.78 is 5.05. The largest absolute Gasteiger partial charge is 0.496 e. The maximum Gasteiger partial charge on any atom is 0.270 e. The fourth-order valence-corrected chi connectivity index (χ4v) is 2.06. The van der Waals surface area contributed by atoms with Gasteiger partial charge in [0.25, 0.3) is 11.6 Å². The summed E-state index contributed by atoms with van der Waals surface area (Å²) in [6.07, 6.45) is 0. The first kappa shape index (κ1) is 16.1. The minimum Gasteiger partial charge on any atom is -0.496 e. The highest BCUT2D eigenvalue weighted by atomic mass is 35.5. The van der Waals surface area contributed by atoms with Crippen LogP contribution in [0.15, 0.2) is 36.4 Å². The smallest absolute Gasteiger partial charge is 0.270 e. The van der Waals surface area contributed by atoms with Crippen LogP contribution in [0.4, 0.5) is 11.4 Å². The number of amides is 1. The third-order valence-corrected chi connectivity index (χ3v) is 3.56. The second-order valence-corrected chi connectivity index (χ2v) is 5.04. The van der Waals surface area contributed by atoms with Crippen molar-refractivity contribution in [2.75, 3.05) is 12.4 Å². The number of nitro benzene ring substituents is 1. The number of benzene rings is 2. The van der Waals surface area contributed by atoms with Crippen molar-refractivity contribution in [1.29, 1.82) is 0 Å². The Labute approximate surface area is 135 Å². The Bertz CT molecular complexity index is 750. The molecule has 22 heavy (non-hydrogen) atoms. The van der Waals surface area contributed by atoms with Gasteiger partial charge in [-0.1, -0.05) is 23.2 Å². The fraction of sp³-hybridized carbons (Fsp3) is 0.0714. The highest BCUT2D eigenvalue weighted by Gasteiger charge is 2.17. The normalized spacial score (nSPS) is 10.1. The van der Waals surface area contributed by atoms with E-state index in [-0.39, 0.29) is 22.0 Å². The van der Waals surface area contributed by atoms with E-state index < -0.39 is 10.8 Å². The van der Waals surface area contributed by atoms with Gasteiger partial charge in [-0.15, -0.1) is 0 Å². The molecule has 0 saturated carbocycles. The van der Waals surface area contributed by atoms with Crippen molar-refractivity contribution in [3.05, 3.63) is 62.1 Å². The van der Waals surface area contributed by atoms with Crippen molar-refractivity contribution in [2.24, 2.45) is 0 Å². The first-order valence-corrected chi connectivity index (χ1v) is 6.77. The molecule has 0 saturated heterocycles. The van der Waals surface area contributed by atoms with E-state index in [1.54, 1.807) is 6.07 Å².